The normalized spacial score (nSPS) is 12.8. The molecule has 1 aromatic rings. The Kier molecular flexibility index (Phi) is 7.76. The summed E-state index contributed by atoms with van der Waals surface area (Å²) in [6, 6.07) is 8.23. The van der Waals surface area contributed by atoms with Crippen LogP contribution in [0.25, 0.3) is 0 Å². The summed E-state index contributed by atoms with van der Waals surface area (Å²) in [6.07, 6.45) is 2.57. The first kappa shape index (κ1) is 18.8. The number of thioether (sulfide) groups is 1. The van der Waals surface area contributed by atoms with Gasteiger partial charge in [0.05, 0.1) is 0 Å². The van der Waals surface area contributed by atoms with Gasteiger partial charge in [0, 0.05) is 30.4 Å². The highest BCUT2D eigenvalue weighted by molar-refractivity contribution is 7.98. The second-order valence-corrected chi connectivity index (χ2v) is 7.15. The maximum atomic E-state index is 12.0. The molecule has 0 spiro atoms. The van der Waals surface area contributed by atoms with Gasteiger partial charge in [0.2, 0.25) is 0 Å². The van der Waals surface area contributed by atoms with Crippen LogP contribution in [0.1, 0.15) is 31.4 Å². The molecule has 1 atom stereocenters. The molecule has 0 aromatic heterocycles. The van der Waals surface area contributed by atoms with Gasteiger partial charge in [-0.3, -0.25) is 0 Å². The summed E-state index contributed by atoms with van der Waals surface area (Å²) in [5.41, 5.74) is 2.31. The Balaban J connectivity index is 2.52. The SMILES string of the molecule is CSCC(CCO)NC(=O)NCC(C)(C)c1ccc(C)cc1. The van der Waals surface area contributed by atoms with Crippen LogP contribution in [0.3, 0.4) is 0 Å². The zero-order valence-electron chi connectivity index (χ0n) is 14.0. The quantitative estimate of drug-likeness (QED) is 0.689. The summed E-state index contributed by atoms with van der Waals surface area (Å²) in [5.74, 6) is 0.801. The molecule has 0 aliphatic carbocycles. The molecule has 124 valence electrons. The number of rotatable bonds is 8. The molecule has 0 bridgehead atoms. The second kappa shape index (κ2) is 9.06. The number of hydrogen-bond donors (Lipinski definition) is 3. The van der Waals surface area contributed by atoms with E-state index in [9.17, 15) is 4.79 Å². The Labute approximate surface area is 138 Å². The van der Waals surface area contributed by atoms with Crippen LogP contribution in [0.15, 0.2) is 24.3 Å². The minimum absolute atomic E-state index is 0.00230. The zero-order valence-corrected chi connectivity index (χ0v) is 14.8. The van der Waals surface area contributed by atoms with Gasteiger partial charge in [-0.25, -0.2) is 4.79 Å². The van der Waals surface area contributed by atoms with Gasteiger partial charge in [0.15, 0.2) is 0 Å². The van der Waals surface area contributed by atoms with Crippen molar-refractivity contribution in [3.05, 3.63) is 35.4 Å². The summed E-state index contributed by atoms with van der Waals surface area (Å²) in [5, 5.41) is 14.9. The number of nitrogens with one attached hydrogen (secondary N) is 2. The summed E-state index contributed by atoms with van der Waals surface area (Å²) in [6.45, 7) is 6.94. The van der Waals surface area contributed by atoms with Crippen LogP contribution in [-0.2, 0) is 5.41 Å². The maximum Gasteiger partial charge on any atom is 0.315 e. The number of aliphatic hydroxyl groups is 1. The Morgan fingerprint density at radius 2 is 1.95 bits per heavy atom. The van der Waals surface area contributed by atoms with E-state index in [1.165, 1.54) is 11.1 Å². The lowest BCUT2D eigenvalue weighted by atomic mass is 9.84. The molecule has 0 radical (unpaired) electrons. The maximum absolute atomic E-state index is 12.0. The molecule has 0 aliphatic rings. The van der Waals surface area contributed by atoms with Gasteiger partial charge in [-0.05, 0) is 25.2 Å². The first-order chi connectivity index (χ1) is 10.4. The summed E-state index contributed by atoms with van der Waals surface area (Å²) < 4.78 is 0. The third-order valence-electron chi connectivity index (χ3n) is 3.70. The van der Waals surface area contributed by atoms with E-state index < -0.39 is 0 Å². The first-order valence-electron chi connectivity index (χ1n) is 7.60. The van der Waals surface area contributed by atoms with Crippen LogP contribution in [0.5, 0.6) is 0 Å². The standard InChI is InChI=1S/C17H28N2O2S/c1-13-5-7-14(8-6-13)17(2,3)12-18-16(21)19-15(9-10-20)11-22-4/h5-8,15,20H,9-12H2,1-4H3,(H2,18,19,21). The molecule has 3 N–H and O–H groups in total. The number of aryl methyl sites for hydroxylation is 1. The molecule has 5 heteroatoms. The van der Waals surface area contributed by atoms with E-state index in [2.05, 4.69) is 55.7 Å². The molecule has 0 fully saturated rings. The van der Waals surface area contributed by atoms with Crippen LogP contribution in [0.4, 0.5) is 4.79 Å². The number of urea groups is 1. The van der Waals surface area contributed by atoms with Crippen LogP contribution < -0.4 is 10.6 Å². The van der Waals surface area contributed by atoms with E-state index in [0.29, 0.717) is 13.0 Å². The number of carbonyl (C=O) groups excluding carboxylic acids is 1. The van der Waals surface area contributed by atoms with E-state index in [4.69, 9.17) is 5.11 Å². The first-order valence-corrected chi connectivity index (χ1v) is 8.99. The molecular weight excluding hydrogens is 296 g/mol. The highest BCUT2D eigenvalue weighted by Crippen LogP contribution is 2.22. The molecule has 22 heavy (non-hydrogen) atoms. The van der Waals surface area contributed by atoms with Gasteiger partial charge >= 0.3 is 6.03 Å². The van der Waals surface area contributed by atoms with Crippen LogP contribution in [-0.4, -0.2) is 42.3 Å². The molecule has 1 unspecified atom stereocenters. The van der Waals surface area contributed by atoms with Crippen molar-refractivity contribution in [3.8, 4) is 0 Å². The minimum Gasteiger partial charge on any atom is -0.396 e. The fourth-order valence-corrected chi connectivity index (χ4v) is 2.85. The minimum atomic E-state index is -0.173. The fraction of sp³-hybridized carbons (Fsp3) is 0.588. The van der Waals surface area contributed by atoms with Crippen LogP contribution >= 0.6 is 11.8 Å². The lowest BCUT2D eigenvalue weighted by Crippen LogP contribution is -2.47. The molecule has 2 amide bonds. The molecule has 0 saturated heterocycles. The molecule has 0 saturated carbocycles. The smallest absolute Gasteiger partial charge is 0.315 e. The largest absolute Gasteiger partial charge is 0.396 e. The Bertz CT molecular complexity index is 454. The van der Waals surface area contributed by atoms with E-state index in [-0.39, 0.29) is 24.1 Å². The third-order valence-corrected chi connectivity index (χ3v) is 4.44. The van der Waals surface area contributed by atoms with Crippen molar-refractivity contribution < 1.29 is 9.90 Å². The highest BCUT2D eigenvalue weighted by Gasteiger charge is 2.21. The lowest BCUT2D eigenvalue weighted by Gasteiger charge is -2.26. The van der Waals surface area contributed by atoms with E-state index in [1.54, 1.807) is 11.8 Å². The lowest BCUT2D eigenvalue weighted by molar-refractivity contribution is 0.229. The predicted octanol–water partition coefficient (Wildman–Crippen LogP) is 2.69. The van der Waals surface area contributed by atoms with Gasteiger partial charge in [0.1, 0.15) is 0 Å². The van der Waals surface area contributed by atoms with Crippen LogP contribution in [0.2, 0.25) is 0 Å². The second-order valence-electron chi connectivity index (χ2n) is 6.24. The molecule has 0 heterocycles. The predicted molar refractivity (Wildman–Crippen MR) is 94.6 cm³/mol. The number of hydrogen-bond acceptors (Lipinski definition) is 3. The topological polar surface area (TPSA) is 61.4 Å². The Morgan fingerprint density at radius 1 is 1.32 bits per heavy atom. The summed E-state index contributed by atoms with van der Waals surface area (Å²) >= 11 is 1.66. The fourth-order valence-electron chi connectivity index (χ4n) is 2.20. The average molecular weight is 324 g/mol. The molecular formula is C17H28N2O2S. The number of amides is 2. The van der Waals surface area contributed by atoms with Gasteiger partial charge in [-0.1, -0.05) is 43.7 Å². The summed E-state index contributed by atoms with van der Waals surface area (Å²) in [7, 11) is 0. The Morgan fingerprint density at radius 3 is 2.50 bits per heavy atom. The molecule has 0 aliphatic heterocycles. The van der Waals surface area contributed by atoms with Gasteiger partial charge in [0.25, 0.3) is 0 Å². The highest BCUT2D eigenvalue weighted by atomic mass is 32.2. The van der Waals surface area contributed by atoms with E-state index >= 15 is 0 Å². The third kappa shape index (κ3) is 6.28. The average Bonchev–Trinajstić information content (AvgIpc) is 2.46. The summed E-state index contributed by atoms with van der Waals surface area (Å²) in [4.78, 5) is 12.0. The van der Waals surface area contributed by atoms with Crippen molar-refractivity contribution in [2.24, 2.45) is 0 Å². The molecule has 1 aromatic carbocycles. The van der Waals surface area contributed by atoms with Crippen molar-refractivity contribution in [1.82, 2.24) is 10.6 Å². The van der Waals surface area contributed by atoms with Gasteiger partial charge in [-0.15, -0.1) is 0 Å². The van der Waals surface area contributed by atoms with Crippen molar-refractivity contribution in [2.45, 2.75) is 38.6 Å². The van der Waals surface area contributed by atoms with Crippen LogP contribution in [0, 0.1) is 6.92 Å². The Hall–Kier alpha value is -1.20. The van der Waals surface area contributed by atoms with Crippen molar-refractivity contribution in [3.63, 3.8) is 0 Å². The molecule has 1 rings (SSSR count). The number of benzene rings is 1. The van der Waals surface area contributed by atoms with Crippen molar-refractivity contribution >= 4 is 17.8 Å². The number of carbonyl (C=O) groups is 1. The van der Waals surface area contributed by atoms with Gasteiger partial charge < -0.3 is 15.7 Å². The van der Waals surface area contributed by atoms with E-state index in [0.717, 1.165) is 5.75 Å². The monoisotopic (exact) mass is 324 g/mol. The molecule has 4 nitrogen and oxygen atoms in total. The van der Waals surface area contributed by atoms with E-state index in [1.807, 2.05) is 6.26 Å². The van der Waals surface area contributed by atoms with Gasteiger partial charge in [-0.2, -0.15) is 11.8 Å². The van der Waals surface area contributed by atoms with Crippen molar-refractivity contribution in [2.75, 3.05) is 25.2 Å². The van der Waals surface area contributed by atoms with Crippen molar-refractivity contribution in [1.29, 1.82) is 0 Å². The zero-order chi connectivity index (χ0) is 16.6. The number of aliphatic hydroxyl groups excluding tert-OH is 1.